The van der Waals surface area contributed by atoms with Crippen LogP contribution in [0.3, 0.4) is 0 Å². The van der Waals surface area contributed by atoms with Crippen molar-refractivity contribution in [2.75, 3.05) is 6.54 Å². The van der Waals surface area contributed by atoms with Crippen molar-refractivity contribution in [2.45, 2.75) is 43.4 Å². The standard InChI is InChI=1S/C15H20F2N2O3S/c1-10-8-13(6-7-18-10)19-14(20)12-4-2-11(3-5-12)9-23(21,22)15(16)17/h2-5,10,13,15,18H,6-9H2,1H3,(H,19,20). The van der Waals surface area contributed by atoms with Gasteiger partial charge in [0.15, 0.2) is 0 Å². The summed E-state index contributed by atoms with van der Waals surface area (Å²) in [4.78, 5) is 12.2. The number of hydrogen-bond donors (Lipinski definition) is 2. The maximum Gasteiger partial charge on any atom is 0.337 e. The monoisotopic (exact) mass is 346 g/mol. The number of halogens is 2. The number of hydrogen-bond acceptors (Lipinski definition) is 4. The number of benzene rings is 1. The summed E-state index contributed by atoms with van der Waals surface area (Å²) >= 11 is 0. The smallest absolute Gasteiger partial charge is 0.337 e. The van der Waals surface area contributed by atoms with E-state index in [1.54, 1.807) is 0 Å². The number of alkyl halides is 2. The van der Waals surface area contributed by atoms with Crippen LogP contribution in [0.1, 0.15) is 35.7 Å². The molecule has 2 N–H and O–H groups in total. The predicted octanol–water partition coefficient (Wildman–Crippen LogP) is 1.69. The molecule has 23 heavy (non-hydrogen) atoms. The second-order valence-electron chi connectivity index (χ2n) is 5.81. The molecule has 0 aliphatic carbocycles. The van der Waals surface area contributed by atoms with Crippen LogP contribution in [0.25, 0.3) is 0 Å². The van der Waals surface area contributed by atoms with Gasteiger partial charge < -0.3 is 10.6 Å². The van der Waals surface area contributed by atoms with Crippen molar-refractivity contribution in [3.63, 3.8) is 0 Å². The quantitative estimate of drug-likeness (QED) is 0.851. The maximum atomic E-state index is 12.3. The second kappa shape index (κ2) is 7.35. The highest BCUT2D eigenvalue weighted by atomic mass is 32.2. The Morgan fingerprint density at radius 3 is 2.57 bits per heavy atom. The summed E-state index contributed by atoms with van der Waals surface area (Å²) in [6.45, 7) is 2.90. The van der Waals surface area contributed by atoms with Crippen LogP contribution in [-0.4, -0.2) is 38.7 Å². The van der Waals surface area contributed by atoms with Crippen LogP contribution in [0, 0.1) is 0 Å². The summed E-state index contributed by atoms with van der Waals surface area (Å²) in [5.74, 6) is -4.38. The van der Waals surface area contributed by atoms with Crippen molar-refractivity contribution in [1.29, 1.82) is 0 Å². The molecule has 0 radical (unpaired) electrons. The fourth-order valence-corrected chi connectivity index (χ4v) is 3.36. The number of sulfone groups is 1. The Kier molecular flexibility index (Phi) is 5.69. The van der Waals surface area contributed by atoms with Gasteiger partial charge in [-0.1, -0.05) is 12.1 Å². The zero-order valence-electron chi connectivity index (χ0n) is 12.8. The molecule has 128 valence electrons. The predicted molar refractivity (Wildman–Crippen MR) is 83.0 cm³/mol. The lowest BCUT2D eigenvalue weighted by molar-refractivity contribution is 0.0925. The highest BCUT2D eigenvalue weighted by Crippen LogP contribution is 2.15. The van der Waals surface area contributed by atoms with E-state index in [2.05, 4.69) is 17.6 Å². The molecule has 1 aromatic rings. The molecular weight excluding hydrogens is 326 g/mol. The third kappa shape index (κ3) is 4.97. The minimum atomic E-state index is -4.45. The van der Waals surface area contributed by atoms with Gasteiger partial charge in [0.1, 0.15) is 0 Å². The van der Waals surface area contributed by atoms with E-state index in [0.717, 1.165) is 19.4 Å². The fraction of sp³-hybridized carbons (Fsp3) is 0.533. The Morgan fingerprint density at radius 1 is 1.35 bits per heavy atom. The van der Waals surface area contributed by atoms with E-state index in [1.165, 1.54) is 24.3 Å². The lowest BCUT2D eigenvalue weighted by atomic mass is 10.00. The largest absolute Gasteiger partial charge is 0.349 e. The van der Waals surface area contributed by atoms with Gasteiger partial charge in [0.05, 0.1) is 5.75 Å². The molecule has 8 heteroatoms. The summed E-state index contributed by atoms with van der Waals surface area (Å²) in [6, 6.07) is 6.13. The first-order valence-corrected chi connectivity index (χ1v) is 9.12. The Labute approximate surface area is 134 Å². The fourth-order valence-electron chi connectivity index (χ4n) is 2.58. The van der Waals surface area contributed by atoms with Crippen molar-refractivity contribution in [1.82, 2.24) is 10.6 Å². The molecule has 0 spiro atoms. The van der Waals surface area contributed by atoms with Gasteiger partial charge in [-0.3, -0.25) is 4.79 Å². The van der Waals surface area contributed by atoms with Gasteiger partial charge in [-0.25, -0.2) is 8.42 Å². The minimum Gasteiger partial charge on any atom is -0.349 e. The first-order chi connectivity index (χ1) is 10.8. The van der Waals surface area contributed by atoms with Gasteiger partial charge in [0, 0.05) is 17.6 Å². The second-order valence-corrected chi connectivity index (χ2v) is 7.79. The molecule has 2 atom stereocenters. The average molecular weight is 346 g/mol. The van der Waals surface area contributed by atoms with Crippen LogP contribution < -0.4 is 10.6 Å². The molecule has 5 nitrogen and oxygen atoms in total. The van der Waals surface area contributed by atoms with Gasteiger partial charge in [0.25, 0.3) is 5.91 Å². The van der Waals surface area contributed by atoms with E-state index < -0.39 is 21.3 Å². The SMILES string of the molecule is CC1CC(NC(=O)c2ccc(CS(=O)(=O)C(F)F)cc2)CCN1. The first kappa shape index (κ1) is 17.8. The Balaban J connectivity index is 1.97. The van der Waals surface area contributed by atoms with Crippen LogP contribution in [0.15, 0.2) is 24.3 Å². The van der Waals surface area contributed by atoms with Crippen molar-refractivity contribution < 1.29 is 22.0 Å². The normalized spacial score (nSPS) is 22.1. The summed E-state index contributed by atoms with van der Waals surface area (Å²) in [6.07, 6.45) is 1.69. The number of rotatable bonds is 5. The molecule has 0 bridgehead atoms. The van der Waals surface area contributed by atoms with Gasteiger partial charge in [0.2, 0.25) is 9.84 Å². The van der Waals surface area contributed by atoms with Crippen molar-refractivity contribution in [3.8, 4) is 0 Å². The Hall–Kier alpha value is -1.54. The number of nitrogens with one attached hydrogen (secondary N) is 2. The van der Waals surface area contributed by atoms with Crippen LogP contribution >= 0.6 is 0 Å². The Morgan fingerprint density at radius 2 is 2.00 bits per heavy atom. The van der Waals surface area contributed by atoms with Crippen molar-refractivity contribution in [2.24, 2.45) is 0 Å². The topological polar surface area (TPSA) is 75.3 Å². The zero-order valence-corrected chi connectivity index (χ0v) is 13.6. The molecule has 1 aliphatic heterocycles. The Bertz CT molecular complexity index is 647. The van der Waals surface area contributed by atoms with E-state index in [4.69, 9.17) is 0 Å². The summed E-state index contributed by atoms with van der Waals surface area (Å²) in [7, 11) is -4.45. The molecule has 1 amide bonds. The minimum absolute atomic E-state index is 0.0950. The van der Waals surface area contributed by atoms with E-state index in [9.17, 15) is 22.0 Å². The van der Waals surface area contributed by atoms with E-state index in [-0.39, 0.29) is 17.5 Å². The van der Waals surface area contributed by atoms with Crippen LogP contribution in [0.4, 0.5) is 8.78 Å². The van der Waals surface area contributed by atoms with Crippen LogP contribution in [-0.2, 0) is 15.6 Å². The molecular formula is C15H20F2N2O3S. The molecule has 1 aliphatic rings. The highest BCUT2D eigenvalue weighted by molar-refractivity contribution is 7.90. The van der Waals surface area contributed by atoms with Gasteiger partial charge >= 0.3 is 5.76 Å². The summed E-state index contributed by atoms with van der Waals surface area (Å²) in [5, 5.41) is 6.23. The number of piperidine rings is 1. The maximum absolute atomic E-state index is 12.3. The van der Waals surface area contributed by atoms with Crippen molar-refractivity contribution in [3.05, 3.63) is 35.4 Å². The van der Waals surface area contributed by atoms with E-state index in [1.807, 2.05) is 0 Å². The van der Waals surface area contributed by atoms with E-state index >= 15 is 0 Å². The average Bonchev–Trinajstić information content (AvgIpc) is 2.47. The molecule has 1 fully saturated rings. The first-order valence-electron chi connectivity index (χ1n) is 7.41. The molecule has 1 aromatic carbocycles. The zero-order chi connectivity index (χ0) is 17.0. The van der Waals surface area contributed by atoms with E-state index in [0.29, 0.717) is 11.6 Å². The van der Waals surface area contributed by atoms with Gasteiger partial charge in [-0.2, -0.15) is 8.78 Å². The molecule has 0 saturated carbocycles. The van der Waals surface area contributed by atoms with Crippen LogP contribution in [0.5, 0.6) is 0 Å². The lowest BCUT2D eigenvalue weighted by Crippen LogP contribution is -2.46. The molecule has 1 heterocycles. The number of carbonyl (C=O) groups is 1. The number of carbonyl (C=O) groups excluding carboxylic acids is 1. The molecule has 2 unspecified atom stereocenters. The van der Waals surface area contributed by atoms with Crippen LogP contribution in [0.2, 0.25) is 0 Å². The molecule has 0 aromatic heterocycles. The summed E-state index contributed by atoms with van der Waals surface area (Å²) < 4.78 is 47.0. The highest BCUT2D eigenvalue weighted by Gasteiger charge is 2.24. The molecule has 1 saturated heterocycles. The third-order valence-corrected chi connectivity index (χ3v) is 5.09. The summed E-state index contributed by atoms with van der Waals surface area (Å²) in [5.41, 5.74) is 0.617. The van der Waals surface area contributed by atoms with Crippen molar-refractivity contribution >= 4 is 15.7 Å². The number of amides is 1. The van der Waals surface area contributed by atoms with Gasteiger partial charge in [-0.15, -0.1) is 0 Å². The molecule has 2 rings (SSSR count). The van der Waals surface area contributed by atoms with Gasteiger partial charge in [-0.05, 0) is 44.0 Å². The lowest BCUT2D eigenvalue weighted by Gasteiger charge is -2.28. The third-order valence-electron chi connectivity index (χ3n) is 3.81.